The lowest BCUT2D eigenvalue weighted by Gasteiger charge is -2.14. The summed E-state index contributed by atoms with van der Waals surface area (Å²) in [6.45, 7) is 4.10. The fraction of sp³-hybridized carbons (Fsp3) is 0.312. The minimum Gasteiger partial charge on any atom is -0.491 e. The minimum absolute atomic E-state index is 0.117. The summed E-state index contributed by atoms with van der Waals surface area (Å²) in [5.41, 5.74) is 0.748. The summed E-state index contributed by atoms with van der Waals surface area (Å²) >= 11 is 1.38. The molecule has 0 bridgehead atoms. The van der Waals surface area contributed by atoms with E-state index in [1.165, 1.54) is 11.3 Å². The first-order chi connectivity index (χ1) is 10.1. The van der Waals surface area contributed by atoms with E-state index in [1.807, 2.05) is 37.4 Å². The summed E-state index contributed by atoms with van der Waals surface area (Å²) in [5.74, 6) is 0.604. The zero-order chi connectivity index (χ0) is 15.2. The van der Waals surface area contributed by atoms with Gasteiger partial charge in [-0.1, -0.05) is 18.2 Å². The maximum atomic E-state index is 11.8. The number of aliphatic hydroxyl groups is 1. The van der Waals surface area contributed by atoms with Crippen molar-refractivity contribution in [2.45, 2.75) is 26.1 Å². The molecule has 1 aromatic carbocycles. The largest absolute Gasteiger partial charge is 0.491 e. The zero-order valence-corrected chi connectivity index (χ0v) is 12.9. The molecule has 2 N–H and O–H groups in total. The Bertz CT molecular complexity index is 564. The molecule has 112 valence electrons. The molecule has 4 nitrogen and oxygen atoms in total. The van der Waals surface area contributed by atoms with E-state index < -0.39 is 6.10 Å². The summed E-state index contributed by atoms with van der Waals surface area (Å²) in [6.07, 6.45) is -0.618. The van der Waals surface area contributed by atoms with Gasteiger partial charge >= 0.3 is 0 Å². The van der Waals surface area contributed by atoms with Gasteiger partial charge in [-0.2, -0.15) is 0 Å². The first-order valence-corrected chi connectivity index (χ1v) is 7.70. The maximum Gasteiger partial charge on any atom is 0.261 e. The smallest absolute Gasteiger partial charge is 0.261 e. The van der Waals surface area contributed by atoms with Crippen molar-refractivity contribution in [2.24, 2.45) is 0 Å². The molecule has 0 aliphatic rings. The van der Waals surface area contributed by atoms with Gasteiger partial charge in [0, 0.05) is 6.54 Å². The number of nitrogens with one attached hydrogen (secondary N) is 1. The Morgan fingerprint density at radius 3 is 2.57 bits per heavy atom. The Morgan fingerprint density at radius 1 is 1.29 bits per heavy atom. The van der Waals surface area contributed by atoms with Gasteiger partial charge in [-0.15, -0.1) is 11.3 Å². The number of benzene rings is 1. The third kappa shape index (κ3) is 4.58. The van der Waals surface area contributed by atoms with E-state index in [2.05, 4.69) is 5.32 Å². The standard InChI is InChI=1S/C16H19NO3S/c1-11(2)20-13-7-5-12(6-8-13)14(18)10-17-16(19)15-4-3-9-21-15/h3-9,11,14,18H,10H2,1-2H3,(H,17,19). The van der Waals surface area contributed by atoms with E-state index in [0.29, 0.717) is 4.88 Å². The fourth-order valence-corrected chi connectivity index (χ4v) is 2.48. The summed E-state index contributed by atoms with van der Waals surface area (Å²) < 4.78 is 5.55. The number of rotatable bonds is 6. The van der Waals surface area contributed by atoms with Crippen LogP contribution < -0.4 is 10.1 Å². The van der Waals surface area contributed by atoms with Crippen LogP contribution in [0.15, 0.2) is 41.8 Å². The van der Waals surface area contributed by atoms with Crippen LogP contribution in [0.3, 0.4) is 0 Å². The summed E-state index contributed by atoms with van der Waals surface area (Å²) in [5, 5.41) is 14.7. The van der Waals surface area contributed by atoms with Gasteiger partial charge in [0.25, 0.3) is 5.91 Å². The van der Waals surface area contributed by atoms with E-state index in [4.69, 9.17) is 4.74 Å². The molecule has 0 saturated carbocycles. The van der Waals surface area contributed by atoms with Crippen LogP contribution in [0.4, 0.5) is 0 Å². The third-order valence-corrected chi connectivity index (χ3v) is 3.71. The van der Waals surface area contributed by atoms with Gasteiger partial charge in [0.1, 0.15) is 5.75 Å². The Morgan fingerprint density at radius 2 is 2.00 bits per heavy atom. The predicted molar refractivity (Wildman–Crippen MR) is 83.8 cm³/mol. The zero-order valence-electron chi connectivity index (χ0n) is 12.1. The second-order valence-corrected chi connectivity index (χ2v) is 5.89. The molecule has 21 heavy (non-hydrogen) atoms. The minimum atomic E-state index is -0.734. The highest BCUT2D eigenvalue weighted by atomic mass is 32.1. The second kappa shape index (κ2) is 7.24. The molecule has 2 aromatic rings. The van der Waals surface area contributed by atoms with Crippen LogP contribution in [0.25, 0.3) is 0 Å². The van der Waals surface area contributed by atoms with Gasteiger partial charge in [0.05, 0.1) is 17.1 Å². The molecule has 1 aromatic heterocycles. The fourth-order valence-electron chi connectivity index (χ4n) is 1.84. The van der Waals surface area contributed by atoms with E-state index >= 15 is 0 Å². The molecule has 0 fully saturated rings. The quantitative estimate of drug-likeness (QED) is 0.862. The molecule has 0 spiro atoms. The molecule has 1 atom stereocenters. The first kappa shape index (κ1) is 15.5. The molecule has 1 amide bonds. The molecule has 0 saturated heterocycles. The summed E-state index contributed by atoms with van der Waals surface area (Å²) in [4.78, 5) is 12.4. The number of amides is 1. The predicted octanol–water partition coefficient (Wildman–Crippen LogP) is 3.00. The Balaban J connectivity index is 1.88. The van der Waals surface area contributed by atoms with Crippen LogP contribution in [0.5, 0.6) is 5.75 Å². The number of hydrogen-bond acceptors (Lipinski definition) is 4. The van der Waals surface area contributed by atoms with Crippen molar-refractivity contribution in [2.75, 3.05) is 6.54 Å². The number of thiophene rings is 1. The van der Waals surface area contributed by atoms with E-state index in [-0.39, 0.29) is 18.6 Å². The molecule has 0 aliphatic heterocycles. The normalized spacial score (nSPS) is 12.2. The molecule has 0 aliphatic carbocycles. The highest BCUT2D eigenvalue weighted by Gasteiger charge is 2.11. The number of carbonyl (C=O) groups is 1. The molecule has 5 heteroatoms. The topological polar surface area (TPSA) is 58.6 Å². The Kier molecular flexibility index (Phi) is 5.36. The Hall–Kier alpha value is -1.85. The van der Waals surface area contributed by atoms with Crippen molar-refractivity contribution >= 4 is 17.2 Å². The van der Waals surface area contributed by atoms with Crippen LogP contribution in [-0.4, -0.2) is 23.7 Å². The average Bonchev–Trinajstić information content (AvgIpc) is 2.99. The second-order valence-electron chi connectivity index (χ2n) is 4.94. The summed E-state index contributed by atoms with van der Waals surface area (Å²) in [7, 11) is 0. The van der Waals surface area contributed by atoms with E-state index in [0.717, 1.165) is 11.3 Å². The molecular formula is C16H19NO3S. The van der Waals surface area contributed by atoms with E-state index in [1.54, 1.807) is 18.2 Å². The van der Waals surface area contributed by atoms with Crippen molar-refractivity contribution in [3.05, 3.63) is 52.2 Å². The van der Waals surface area contributed by atoms with Gasteiger partial charge < -0.3 is 15.2 Å². The molecule has 1 unspecified atom stereocenters. The number of ether oxygens (including phenoxy) is 1. The van der Waals surface area contributed by atoms with Gasteiger partial charge in [0.2, 0.25) is 0 Å². The third-order valence-electron chi connectivity index (χ3n) is 2.84. The lowest BCUT2D eigenvalue weighted by Crippen LogP contribution is -2.27. The van der Waals surface area contributed by atoms with Gasteiger partial charge in [0.15, 0.2) is 0 Å². The maximum absolute atomic E-state index is 11.8. The first-order valence-electron chi connectivity index (χ1n) is 6.82. The molecule has 1 heterocycles. The van der Waals surface area contributed by atoms with Crippen molar-refractivity contribution in [3.63, 3.8) is 0 Å². The monoisotopic (exact) mass is 305 g/mol. The Labute approximate surface area is 128 Å². The van der Waals surface area contributed by atoms with Crippen LogP contribution in [0, 0.1) is 0 Å². The summed E-state index contributed by atoms with van der Waals surface area (Å²) in [6, 6.07) is 10.8. The van der Waals surface area contributed by atoms with Crippen molar-refractivity contribution in [3.8, 4) is 5.75 Å². The number of carbonyl (C=O) groups excluding carboxylic acids is 1. The van der Waals surface area contributed by atoms with Gasteiger partial charge in [-0.3, -0.25) is 4.79 Å². The SMILES string of the molecule is CC(C)Oc1ccc(C(O)CNC(=O)c2cccs2)cc1. The number of aliphatic hydroxyl groups excluding tert-OH is 1. The van der Waals surface area contributed by atoms with Crippen molar-refractivity contribution < 1.29 is 14.6 Å². The average molecular weight is 305 g/mol. The highest BCUT2D eigenvalue weighted by molar-refractivity contribution is 7.12. The van der Waals surface area contributed by atoms with Crippen molar-refractivity contribution in [1.82, 2.24) is 5.32 Å². The van der Waals surface area contributed by atoms with Gasteiger partial charge in [-0.05, 0) is 43.0 Å². The van der Waals surface area contributed by atoms with Crippen LogP contribution in [-0.2, 0) is 0 Å². The molecular weight excluding hydrogens is 286 g/mol. The lowest BCUT2D eigenvalue weighted by atomic mass is 10.1. The van der Waals surface area contributed by atoms with E-state index in [9.17, 15) is 9.90 Å². The number of hydrogen-bond donors (Lipinski definition) is 2. The van der Waals surface area contributed by atoms with Crippen LogP contribution in [0.1, 0.15) is 35.2 Å². The lowest BCUT2D eigenvalue weighted by molar-refractivity contribution is 0.0920. The molecule has 0 radical (unpaired) electrons. The van der Waals surface area contributed by atoms with Crippen LogP contribution in [0.2, 0.25) is 0 Å². The molecule has 2 rings (SSSR count). The highest BCUT2D eigenvalue weighted by Crippen LogP contribution is 2.18. The van der Waals surface area contributed by atoms with Crippen molar-refractivity contribution in [1.29, 1.82) is 0 Å². The van der Waals surface area contributed by atoms with Crippen LogP contribution >= 0.6 is 11.3 Å². The van der Waals surface area contributed by atoms with Gasteiger partial charge in [-0.25, -0.2) is 0 Å².